The van der Waals surface area contributed by atoms with E-state index >= 15 is 0 Å². The van der Waals surface area contributed by atoms with Crippen LogP contribution in [-0.4, -0.2) is 28.7 Å². The van der Waals surface area contributed by atoms with Gasteiger partial charge >= 0.3 is 0 Å². The number of carbonyl (C=O) groups excluding carboxylic acids is 1. The van der Waals surface area contributed by atoms with Crippen LogP contribution in [-0.2, 0) is 4.79 Å². The van der Waals surface area contributed by atoms with E-state index in [9.17, 15) is 4.79 Å². The lowest BCUT2D eigenvalue weighted by Gasteiger charge is -2.11. The molecule has 3 N–H and O–H groups in total. The average molecular weight is 267 g/mol. The molecule has 2 aromatic rings. The Kier molecular flexibility index (Phi) is 3.84. The van der Waals surface area contributed by atoms with Crippen LogP contribution >= 0.6 is 12.4 Å². The van der Waals surface area contributed by atoms with Gasteiger partial charge in [0.2, 0.25) is 5.91 Å². The largest absolute Gasteiger partial charge is 0.324 e. The highest BCUT2D eigenvalue weighted by Gasteiger charge is 2.22. The van der Waals surface area contributed by atoms with E-state index in [4.69, 9.17) is 0 Å². The number of anilines is 1. The van der Waals surface area contributed by atoms with Gasteiger partial charge in [-0.15, -0.1) is 12.4 Å². The first kappa shape index (κ1) is 12.9. The molecular formula is C12H15ClN4O. The second-order valence-corrected chi connectivity index (χ2v) is 4.28. The Morgan fingerprint density at radius 2 is 2.33 bits per heavy atom. The monoisotopic (exact) mass is 266 g/mol. The van der Waals surface area contributed by atoms with Gasteiger partial charge in [0.15, 0.2) is 0 Å². The number of fused-ring (bicyclic) bond motifs is 1. The van der Waals surface area contributed by atoms with E-state index in [0.29, 0.717) is 0 Å². The summed E-state index contributed by atoms with van der Waals surface area (Å²) >= 11 is 0. The topological polar surface area (TPSA) is 69.8 Å². The van der Waals surface area contributed by atoms with E-state index < -0.39 is 0 Å². The minimum absolute atomic E-state index is 0. The second-order valence-electron chi connectivity index (χ2n) is 4.28. The summed E-state index contributed by atoms with van der Waals surface area (Å²) in [5.74, 6) is 0.0381. The minimum atomic E-state index is -0.0582. The average Bonchev–Trinajstić information content (AvgIpc) is 3.00. The molecule has 0 bridgehead atoms. The number of benzene rings is 1. The van der Waals surface area contributed by atoms with Crippen LogP contribution in [0, 0.1) is 0 Å². The number of hydrogen-bond donors (Lipinski definition) is 3. The van der Waals surface area contributed by atoms with E-state index in [1.54, 1.807) is 6.20 Å². The standard InChI is InChI=1S/C12H14N4O.ClH/c17-12(11-5-2-6-13-11)15-9-3-1-4-10-8(9)7-14-16-10;/h1,3-4,7,11,13H,2,5-6H2,(H,14,16)(H,15,17);1H/t11-;/m1./s1. The fourth-order valence-corrected chi connectivity index (χ4v) is 2.21. The normalized spacial score (nSPS) is 18.6. The van der Waals surface area contributed by atoms with Crippen LogP contribution in [0.5, 0.6) is 0 Å². The molecule has 2 heterocycles. The Bertz CT molecular complexity index is 548. The van der Waals surface area contributed by atoms with Crippen LogP contribution in [0.4, 0.5) is 5.69 Å². The first-order valence-electron chi connectivity index (χ1n) is 5.81. The molecule has 1 fully saturated rings. The quantitative estimate of drug-likeness (QED) is 0.775. The molecule has 0 spiro atoms. The smallest absolute Gasteiger partial charge is 0.241 e. The summed E-state index contributed by atoms with van der Waals surface area (Å²) in [6.45, 7) is 0.925. The predicted octanol–water partition coefficient (Wildman–Crippen LogP) is 1.68. The number of H-pyrrole nitrogens is 1. The fraction of sp³-hybridized carbons (Fsp3) is 0.333. The van der Waals surface area contributed by atoms with E-state index in [1.165, 1.54) is 0 Å². The summed E-state index contributed by atoms with van der Waals surface area (Å²) in [6.07, 6.45) is 3.70. The second kappa shape index (κ2) is 5.37. The summed E-state index contributed by atoms with van der Waals surface area (Å²) in [7, 11) is 0. The summed E-state index contributed by atoms with van der Waals surface area (Å²) in [4.78, 5) is 12.0. The zero-order valence-electron chi connectivity index (χ0n) is 9.77. The number of aromatic nitrogens is 2. The molecular weight excluding hydrogens is 252 g/mol. The molecule has 0 aliphatic carbocycles. The Hall–Kier alpha value is -1.59. The molecule has 1 amide bonds. The van der Waals surface area contributed by atoms with Crippen molar-refractivity contribution >= 4 is 34.9 Å². The highest BCUT2D eigenvalue weighted by atomic mass is 35.5. The summed E-state index contributed by atoms with van der Waals surface area (Å²) in [6, 6.07) is 5.67. The predicted molar refractivity (Wildman–Crippen MR) is 73.0 cm³/mol. The summed E-state index contributed by atoms with van der Waals surface area (Å²) < 4.78 is 0. The van der Waals surface area contributed by atoms with Gasteiger partial charge in [0.25, 0.3) is 0 Å². The number of nitrogens with zero attached hydrogens (tertiary/aromatic N) is 1. The van der Waals surface area contributed by atoms with Crippen molar-refractivity contribution in [3.63, 3.8) is 0 Å². The maximum atomic E-state index is 12.0. The number of hydrogen-bond acceptors (Lipinski definition) is 3. The molecule has 1 saturated heterocycles. The van der Waals surface area contributed by atoms with E-state index in [0.717, 1.165) is 36.0 Å². The first-order chi connectivity index (χ1) is 8.34. The molecule has 18 heavy (non-hydrogen) atoms. The first-order valence-corrected chi connectivity index (χ1v) is 5.81. The fourth-order valence-electron chi connectivity index (χ4n) is 2.21. The Labute approximate surface area is 111 Å². The van der Waals surface area contributed by atoms with Crippen LogP contribution in [0.3, 0.4) is 0 Å². The maximum Gasteiger partial charge on any atom is 0.241 e. The van der Waals surface area contributed by atoms with Gasteiger partial charge in [0.05, 0.1) is 23.4 Å². The molecule has 3 rings (SSSR count). The van der Waals surface area contributed by atoms with Crippen LogP contribution in [0.2, 0.25) is 0 Å². The summed E-state index contributed by atoms with van der Waals surface area (Å²) in [5.41, 5.74) is 1.75. The Balaban J connectivity index is 0.00000120. The molecule has 1 atom stereocenters. The van der Waals surface area contributed by atoms with Crippen molar-refractivity contribution in [3.8, 4) is 0 Å². The molecule has 1 aromatic carbocycles. The minimum Gasteiger partial charge on any atom is -0.324 e. The molecule has 96 valence electrons. The Morgan fingerprint density at radius 3 is 3.11 bits per heavy atom. The molecule has 0 unspecified atom stereocenters. The van der Waals surface area contributed by atoms with E-state index in [-0.39, 0.29) is 24.4 Å². The third-order valence-corrected chi connectivity index (χ3v) is 3.12. The van der Waals surface area contributed by atoms with Gasteiger partial charge in [0, 0.05) is 5.39 Å². The number of amides is 1. The molecule has 0 saturated carbocycles. The zero-order chi connectivity index (χ0) is 11.7. The van der Waals surface area contributed by atoms with Gasteiger partial charge in [-0.25, -0.2) is 0 Å². The lowest BCUT2D eigenvalue weighted by molar-refractivity contribution is -0.117. The number of carbonyl (C=O) groups is 1. The van der Waals surface area contributed by atoms with Gasteiger partial charge in [-0.3, -0.25) is 9.89 Å². The third kappa shape index (κ3) is 2.32. The lowest BCUT2D eigenvalue weighted by Crippen LogP contribution is -2.35. The van der Waals surface area contributed by atoms with Crippen LogP contribution in [0.25, 0.3) is 10.9 Å². The van der Waals surface area contributed by atoms with Crippen molar-refractivity contribution in [2.45, 2.75) is 18.9 Å². The van der Waals surface area contributed by atoms with Gasteiger partial charge < -0.3 is 10.6 Å². The van der Waals surface area contributed by atoms with Gasteiger partial charge in [-0.05, 0) is 31.5 Å². The number of halogens is 1. The Morgan fingerprint density at radius 1 is 1.44 bits per heavy atom. The van der Waals surface area contributed by atoms with Crippen molar-refractivity contribution in [2.75, 3.05) is 11.9 Å². The molecule has 0 radical (unpaired) electrons. The van der Waals surface area contributed by atoms with Crippen molar-refractivity contribution in [2.24, 2.45) is 0 Å². The number of aromatic amines is 1. The van der Waals surface area contributed by atoms with Gasteiger partial charge in [-0.2, -0.15) is 5.10 Å². The van der Waals surface area contributed by atoms with Crippen molar-refractivity contribution in [3.05, 3.63) is 24.4 Å². The molecule has 1 aromatic heterocycles. The van der Waals surface area contributed by atoms with Crippen molar-refractivity contribution < 1.29 is 4.79 Å². The molecule has 1 aliphatic heterocycles. The van der Waals surface area contributed by atoms with Crippen LogP contribution in [0.15, 0.2) is 24.4 Å². The SMILES string of the molecule is Cl.O=C(Nc1cccc2[nH]ncc12)[C@H]1CCCN1. The number of nitrogens with one attached hydrogen (secondary N) is 3. The molecule has 1 aliphatic rings. The zero-order valence-corrected chi connectivity index (χ0v) is 10.6. The molecule has 6 heteroatoms. The lowest BCUT2D eigenvalue weighted by atomic mass is 10.2. The van der Waals surface area contributed by atoms with E-state index in [2.05, 4.69) is 20.8 Å². The highest BCUT2D eigenvalue weighted by Crippen LogP contribution is 2.21. The number of rotatable bonds is 2. The summed E-state index contributed by atoms with van der Waals surface area (Å²) in [5, 5.41) is 13.9. The highest BCUT2D eigenvalue weighted by molar-refractivity contribution is 6.02. The van der Waals surface area contributed by atoms with Crippen molar-refractivity contribution in [1.82, 2.24) is 15.5 Å². The van der Waals surface area contributed by atoms with Crippen LogP contribution in [0.1, 0.15) is 12.8 Å². The maximum absolute atomic E-state index is 12.0. The van der Waals surface area contributed by atoms with Crippen molar-refractivity contribution in [1.29, 1.82) is 0 Å². The van der Waals surface area contributed by atoms with Gasteiger partial charge in [-0.1, -0.05) is 6.07 Å². The van der Waals surface area contributed by atoms with Crippen LogP contribution < -0.4 is 10.6 Å². The van der Waals surface area contributed by atoms with E-state index in [1.807, 2.05) is 18.2 Å². The van der Waals surface area contributed by atoms with Gasteiger partial charge in [0.1, 0.15) is 0 Å². The third-order valence-electron chi connectivity index (χ3n) is 3.12. The molecule has 5 nitrogen and oxygen atoms in total.